The van der Waals surface area contributed by atoms with E-state index < -0.39 is 0 Å². The minimum Gasteiger partial charge on any atom is -0.457 e. The number of hydrogen-bond donors (Lipinski definition) is 2. The molecule has 1 aliphatic rings. The fraction of sp³-hybridized carbons (Fsp3) is 0.355. The average Bonchev–Trinajstić information content (AvgIpc) is 2.92. The molecule has 2 amide bonds. The van der Waals surface area contributed by atoms with Crippen molar-refractivity contribution in [3.63, 3.8) is 0 Å². The van der Waals surface area contributed by atoms with Gasteiger partial charge in [0.1, 0.15) is 11.5 Å². The summed E-state index contributed by atoms with van der Waals surface area (Å²) < 4.78 is 6.37. The van der Waals surface area contributed by atoms with Crippen LogP contribution in [-0.4, -0.2) is 48.9 Å². The average molecular weight is 500 g/mol. The molecule has 1 aliphatic heterocycles. The molecule has 0 aromatic heterocycles. The Morgan fingerprint density at radius 1 is 0.919 bits per heavy atom. The zero-order valence-corrected chi connectivity index (χ0v) is 21.6. The van der Waals surface area contributed by atoms with Crippen LogP contribution in [-0.2, 0) is 28.9 Å². The molecule has 1 heterocycles. The first kappa shape index (κ1) is 26.4. The van der Waals surface area contributed by atoms with Gasteiger partial charge in [-0.1, -0.05) is 66.7 Å². The van der Waals surface area contributed by atoms with Crippen LogP contribution >= 0.6 is 0 Å². The van der Waals surface area contributed by atoms with E-state index in [-0.39, 0.29) is 17.9 Å². The van der Waals surface area contributed by atoms with Crippen molar-refractivity contribution in [1.82, 2.24) is 15.5 Å². The molecule has 1 atom stereocenters. The van der Waals surface area contributed by atoms with Gasteiger partial charge in [0.05, 0.1) is 0 Å². The van der Waals surface area contributed by atoms with Crippen molar-refractivity contribution in [1.29, 1.82) is 0 Å². The van der Waals surface area contributed by atoms with E-state index in [1.54, 1.807) is 0 Å². The number of hydrogen-bond acceptors (Lipinski definition) is 4. The lowest BCUT2D eigenvalue weighted by Crippen LogP contribution is -2.54. The third kappa shape index (κ3) is 7.92. The second-order valence-electron chi connectivity index (χ2n) is 9.54. The predicted molar refractivity (Wildman–Crippen MR) is 147 cm³/mol. The summed E-state index contributed by atoms with van der Waals surface area (Å²) >= 11 is 0. The van der Waals surface area contributed by atoms with E-state index in [1.165, 1.54) is 12.5 Å². The summed E-state index contributed by atoms with van der Waals surface area (Å²) in [7, 11) is 0. The highest BCUT2D eigenvalue weighted by Crippen LogP contribution is 2.30. The molecule has 0 saturated carbocycles. The topological polar surface area (TPSA) is 70.7 Å². The van der Waals surface area contributed by atoms with Crippen molar-refractivity contribution < 1.29 is 14.3 Å². The van der Waals surface area contributed by atoms with Gasteiger partial charge in [-0.05, 0) is 54.5 Å². The molecule has 1 saturated heterocycles. The fourth-order valence-electron chi connectivity index (χ4n) is 4.82. The lowest BCUT2D eigenvalue weighted by atomic mass is 10.0. The summed E-state index contributed by atoms with van der Waals surface area (Å²) in [5.74, 6) is 1.77. The van der Waals surface area contributed by atoms with Crippen LogP contribution in [0.5, 0.6) is 11.5 Å². The monoisotopic (exact) mass is 499 g/mol. The van der Waals surface area contributed by atoms with Crippen LogP contribution in [0.1, 0.15) is 36.5 Å². The minimum absolute atomic E-state index is 0.0137. The van der Waals surface area contributed by atoms with E-state index in [4.69, 9.17) is 4.74 Å². The Bertz CT molecular complexity index is 1170. The van der Waals surface area contributed by atoms with Crippen LogP contribution in [0.3, 0.4) is 0 Å². The molecule has 4 rings (SSSR count). The maximum atomic E-state index is 13.3. The molecule has 0 bridgehead atoms. The third-order valence-electron chi connectivity index (χ3n) is 6.75. The van der Waals surface area contributed by atoms with Gasteiger partial charge in [0.15, 0.2) is 0 Å². The smallest absolute Gasteiger partial charge is 0.223 e. The summed E-state index contributed by atoms with van der Waals surface area (Å²) in [5, 5.41) is 6.29. The van der Waals surface area contributed by atoms with Gasteiger partial charge < -0.3 is 20.3 Å². The normalized spacial score (nSPS) is 15.3. The molecule has 1 fully saturated rings. The lowest BCUT2D eigenvalue weighted by Gasteiger charge is -2.36. The molecule has 3 aromatic rings. The highest BCUT2D eigenvalue weighted by Gasteiger charge is 2.26. The molecule has 6 heteroatoms. The minimum atomic E-state index is -0.0137. The van der Waals surface area contributed by atoms with Crippen LogP contribution in [0.2, 0.25) is 0 Å². The molecule has 0 unspecified atom stereocenters. The summed E-state index contributed by atoms with van der Waals surface area (Å²) in [4.78, 5) is 26.5. The molecule has 0 spiro atoms. The summed E-state index contributed by atoms with van der Waals surface area (Å²) in [6.45, 7) is 4.55. The zero-order valence-electron chi connectivity index (χ0n) is 21.6. The summed E-state index contributed by atoms with van der Waals surface area (Å²) in [6.07, 6.45) is 3.58. The maximum Gasteiger partial charge on any atom is 0.223 e. The van der Waals surface area contributed by atoms with Gasteiger partial charge in [-0.3, -0.25) is 9.59 Å². The van der Waals surface area contributed by atoms with Gasteiger partial charge in [0, 0.05) is 45.6 Å². The number of nitrogens with zero attached hydrogens (tertiary/aromatic N) is 1. The van der Waals surface area contributed by atoms with E-state index in [0.717, 1.165) is 61.5 Å². The van der Waals surface area contributed by atoms with E-state index in [0.29, 0.717) is 19.4 Å². The molecule has 2 N–H and O–H groups in total. The van der Waals surface area contributed by atoms with Crippen LogP contribution in [0, 0.1) is 0 Å². The second-order valence-corrected chi connectivity index (χ2v) is 9.54. The number of aryl methyl sites for hydroxylation is 2. The molecule has 6 nitrogen and oxygen atoms in total. The molecule has 194 valence electrons. The second kappa shape index (κ2) is 13.6. The van der Waals surface area contributed by atoms with E-state index in [9.17, 15) is 9.59 Å². The Balaban J connectivity index is 1.38. The number of rotatable bonds is 11. The standard InChI is InChI=1S/C31H37N3O3/c1-24(35)33-19-9-14-26-12-5-7-15-29(26)37-30-16-8-6-13-27(30)17-18-31(36)34-21-20-32-23-28(34)22-25-10-3-2-4-11-25/h2-8,10-13,15-16,28,32H,9,14,17-23H2,1H3,(H,33,35)/t28-/m1/s1. The number of amides is 2. The lowest BCUT2D eigenvalue weighted by molar-refractivity contribution is -0.134. The molecule has 0 radical (unpaired) electrons. The quantitative estimate of drug-likeness (QED) is 0.381. The van der Waals surface area contributed by atoms with Gasteiger partial charge in [0.25, 0.3) is 0 Å². The van der Waals surface area contributed by atoms with Crippen LogP contribution < -0.4 is 15.4 Å². The first-order chi connectivity index (χ1) is 18.1. The third-order valence-corrected chi connectivity index (χ3v) is 6.75. The molecule has 3 aromatic carbocycles. The van der Waals surface area contributed by atoms with Gasteiger partial charge in [-0.15, -0.1) is 0 Å². The number of ether oxygens (including phenoxy) is 1. The van der Waals surface area contributed by atoms with Crippen molar-refractivity contribution in [3.8, 4) is 11.5 Å². The Hall–Kier alpha value is -3.64. The largest absolute Gasteiger partial charge is 0.457 e. The van der Waals surface area contributed by atoms with E-state index >= 15 is 0 Å². The van der Waals surface area contributed by atoms with Gasteiger partial charge in [0.2, 0.25) is 11.8 Å². The Labute approximate surface area is 220 Å². The van der Waals surface area contributed by atoms with E-state index in [2.05, 4.69) is 45.9 Å². The van der Waals surface area contributed by atoms with Crippen LogP contribution in [0.15, 0.2) is 78.9 Å². The summed E-state index contributed by atoms with van der Waals surface area (Å²) in [6, 6.07) is 26.5. The number of carbonyl (C=O) groups is 2. The molecular weight excluding hydrogens is 462 g/mol. The van der Waals surface area contributed by atoms with Crippen LogP contribution in [0.25, 0.3) is 0 Å². The molecule has 37 heavy (non-hydrogen) atoms. The number of carbonyl (C=O) groups excluding carboxylic acids is 2. The van der Waals surface area contributed by atoms with Crippen molar-refractivity contribution in [2.45, 2.75) is 45.1 Å². The van der Waals surface area contributed by atoms with Gasteiger partial charge in [-0.25, -0.2) is 0 Å². The fourth-order valence-corrected chi connectivity index (χ4v) is 4.82. The maximum absolute atomic E-state index is 13.3. The summed E-state index contributed by atoms with van der Waals surface area (Å²) in [5.41, 5.74) is 3.38. The van der Waals surface area contributed by atoms with Crippen molar-refractivity contribution in [2.75, 3.05) is 26.2 Å². The predicted octanol–water partition coefficient (Wildman–Crippen LogP) is 4.52. The number of piperazine rings is 1. The van der Waals surface area contributed by atoms with Crippen molar-refractivity contribution in [2.24, 2.45) is 0 Å². The van der Waals surface area contributed by atoms with Crippen molar-refractivity contribution >= 4 is 11.8 Å². The first-order valence-electron chi connectivity index (χ1n) is 13.2. The zero-order chi connectivity index (χ0) is 25.9. The van der Waals surface area contributed by atoms with Gasteiger partial charge >= 0.3 is 0 Å². The van der Waals surface area contributed by atoms with Crippen molar-refractivity contribution in [3.05, 3.63) is 95.6 Å². The Morgan fingerprint density at radius 2 is 1.57 bits per heavy atom. The number of nitrogens with one attached hydrogen (secondary N) is 2. The highest BCUT2D eigenvalue weighted by molar-refractivity contribution is 5.77. The number of para-hydroxylation sites is 2. The van der Waals surface area contributed by atoms with E-state index in [1.807, 2.05) is 48.5 Å². The Kier molecular flexibility index (Phi) is 9.72. The van der Waals surface area contributed by atoms with Crippen LogP contribution in [0.4, 0.5) is 0 Å². The SMILES string of the molecule is CC(=O)NCCCc1ccccc1Oc1ccccc1CCC(=O)N1CCNC[C@H]1Cc1ccccc1. The van der Waals surface area contributed by atoms with Gasteiger partial charge in [-0.2, -0.15) is 0 Å². The molecule has 0 aliphatic carbocycles. The Morgan fingerprint density at radius 3 is 2.27 bits per heavy atom. The highest BCUT2D eigenvalue weighted by atomic mass is 16.5. The number of benzene rings is 3. The first-order valence-corrected chi connectivity index (χ1v) is 13.2. The molecular formula is C31H37N3O3.